The Balaban J connectivity index is 1.23. The summed E-state index contributed by atoms with van der Waals surface area (Å²) in [5.74, 6) is -0.0511. The number of ether oxygens (including phenoxy) is 1. The number of amides is 1. The maximum atomic E-state index is 12.8. The van der Waals surface area contributed by atoms with Gasteiger partial charge in [0.2, 0.25) is 5.91 Å². The number of carbonyl (C=O) groups is 1. The molecule has 5 heterocycles. The molecule has 0 bridgehead atoms. The van der Waals surface area contributed by atoms with Crippen LogP contribution in [0, 0.1) is 6.92 Å². The van der Waals surface area contributed by atoms with E-state index >= 15 is 0 Å². The molecule has 4 aromatic rings. The molecule has 39 heavy (non-hydrogen) atoms. The molecule has 3 N–H and O–H groups in total. The van der Waals surface area contributed by atoms with E-state index in [4.69, 9.17) is 9.72 Å². The summed E-state index contributed by atoms with van der Waals surface area (Å²) in [4.78, 5) is 27.6. The second-order valence-corrected chi connectivity index (χ2v) is 10.5. The number of aryl methyl sites for hydroxylation is 2. The molecular formula is C29H34N8O2. The summed E-state index contributed by atoms with van der Waals surface area (Å²) in [6.45, 7) is 6.51. The van der Waals surface area contributed by atoms with Crippen LogP contribution in [0.3, 0.4) is 0 Å². The predicted octanol–water partition coefficient (Wildman–Crippen LogP) is 4.33. The summed E-state index contributed by atoms with van der Waals surface area (Å²) in [7, 11) is 1.91. The molecule has 1 amide bonds. The van der Waals surface area contributed by atoms with Crippen LogP contribution in [0.4, 0.5) is 11.4 Å². The summed E-state index contributed by atoms with van der Waals surface area (Å²) in [5, 5.41) is 12.0. The summed E-state index contributed by atoms with van der Waals surface area (Å²) in [6, 6.07) is 6.25. The first-order chi connectivity index (χ1) is 18.9. The van der Waals surface area contributed by atoms with Gasteiger partial charge in [-0.05, 0) is 56.9 Å². The molecule has 1 aliphatic carbocycles. The minimum absolute atomic E-state index is 0.0511. The summed E-state index contributed by atoms with van der Waals surface area (Å²) >= 11 is 0. The van der Waals surface area contributed by atoms with Crippen molar-refractivity contribution in [1.29, 1.82) is 0 Å². The fourth-order valence-electron chi connectivity index (χ4n) is 5.14. The molecule has 0 spiro atoms. The molecule has 4 aromatic heterocycles. The number of allylic oxidation sites excluding steroid dienone is 1. The van der Waals surface area contributed by atoms with Gasteiger partial charge in [0.05, 0.1) is 54.4 Å². The minimum Gasteiger partial charge on any atom is -0.376 e. The minimum atomic E-state index is -0.0511. The van der Waals surface area contributed by atoms with Crippen LogP contribution in [0.15, 0.2) is 48.6 Å². The van der Waals surface area contributed by atoms with Gasteiger partial charge < -0.3 is 20.4 Å². The molecule has 0 aromatic carbocycles. The van der Waals surface area contributed by atoms with Crippen LogP contribution < -0.4 is 10.6 Å². The van der Waals surface area contributed by atoms with Gasteiger partial charge in [-0.25, -0.2) is 4.98 Å². The molecule has 1 saturated carbocycles. The second-order valence-electron chi connectivity index (χ2n) is 10.5. The molecule has 2 fully saturated rings. The molecule has 6 rings (SSSR count). The van der Waals surface area contributed by atoms with E-state index in [0.717, 1.165) is 70.9 Å². The number of pyridine rings is 2. The van der Waals surface area contributed by atoms with Crippen LogP contribution in [-0.4, -0.2) is 67.9 Å². The van der Waals surface area contributed by atoms with E-state index in [1.165, 1.54) is 12.0 Å². The SMILES string of the molecule is Cc1ncc(NC(=O)CN2CCOC(C)C2)cc1NC(=C1CCC1)c1cnc2[nH]c(-c3cnn(C)c3)cc2c1. The van der Waals surface area contributed by atoms with E-state index in [9.17, 15) is 4.79 Å². The first-order valence-electron chi connectivity index (χ1n) is 13.5. The van der Waals surface area contributed by atoms with Crippen molar-refractivity contribution in [3.8, 4) is 11.3 Å². The van der Waals surface area contributed by atoms with Crippen LogP contribution in [0.2, 0.25) is 0 Å². The van der Waals surface area contributed by atoms with Gasteiger partial charge in [0.1, 0.15) is 5.65 Å². The van der Waals surface area contributed by atoms with Crippen LogP contribution in [-0.2, 0) is 16.6 Å². The lowest BCUT2D eigenvalue weighted by Crippen LogP contribution is -2.44. The van der Waals surface area contributed by atoms with Gasteiger partial charge in [-0.2, -0.15) is 5.10 Å². The quantitative estimate of drug-likeness (QED) is 0.328. The molecule has 10 nitrogen and oxygen atoms in total. The number of nitrogens with zero attached hydrogens (tertiary/aromatic N) is 5. The van der Waals surface area contributed by atoms with E-state index in [1.54, 1.807) is 10.9 Å². The summed E-state index contributed by atoms with van der Waals surface area (Å²) in [5.41, 5.74) is 8.73. The van der Waals surface area contributed by atoms with Gasteiger partial charge in [0.15, 0.2) is 0 Å². The van der Waals surface area contributed by atoms with E-state index in [-0.39, 0.29) is 12.0 Å². The first-order valence-corrected chi connectivity index (χ1v) is 13.5. The third-order valence-corrected chi connectivity index (χ3v) is 7.41. The fraction of sp³-hybridized carbons (Fsp3) is 0.379. The zero-order chi connectivity index (χ0) is 26.9. The first kappa shape index (κ1) is 25.3. The number of nitrogens with one attached hydrogen (secondary N) is 3. The predicted molar refractivity (Wildman–Crippen MR) is 152 cm³/mol. The highest BCUT2D eigenvalue weighted by atomic mass is 16.5. The molecular weight excluding hydrogens is 492 g/mol. The average Bonchev–Trinajstić information content (AvgIpc) is 3.50. The van der Waals surface area contributed by atoms with Crippen LogP contribution in [0.5, 0.6) is 0 Å². The van der Waals surface area contributed by atoms with Crippen molar-refractivity contribution in [1.82, 2.24) is 29.6 Å². The van der Waals surface area contributed by atoms with Gasteiger partial charge in [0, 0.05) is 54.7 Å². The number of hydrogen-bond acceptors (Lipinski definition) is 7. The third-order valence-electron chi connectivity index (χ3n) is 7.41. The number of aromatic nitrogens is 5. The van der Waals surface area contributed by atoms with Crippen molar-refractivity contribution in [3.05, 3.63) is 59.8 Å². The van der Waals surface area contributed by atoms with Crippen molar-refractivity contribution >= 4 is 34.0 Å². The number of anilines is 2. The molecule has 0 radical (unpaired) electrons. The lowest BCUT2D eigenvalue weighted by Gasteiger charge is -2.30. The van der Waals surface area contributed by atoms with E-state index in [1.807, 2.05) is 45.6 Å². The van der Waals surface area contributed by atoms with E-state index in [0.29, 0.717) is 18.8 Å². The highest BCUT2D eigenvalue weighted by Crippen LogP contribution is 2.36. The Morgan fingerprint density at radius 2 is 2.03 bits per heavy atom. The Hall–Kier alpha value is -4.02. The lowest BCUT2D eigenvalue weighted by atomic mass is 9.88. The van der Waals surface area contributed by atoms with Gasteiger partial charge in [-0.3, -0.25) is 19.4 Å². The largest absolute Gasteiger partial charge is 0.376 e. The summed E-state index contributed by atoms with van der Waals surface area (Å²) < 4.78 is 7.37. The Labute approximate surface area is 227 Å². The number of H-pyrrole nitrogens is 1. The lowest BCUT2D eigenvalue weighted by molar-refractivity contribution is -0.119. The zero-order valence-corrected chi connectivity index (χ0v) is 22.6. The summed E-state index contributed by atoms with van der Waals surface area (Å²) in [6.07, 6.45) is 10.9. The van der Waals surface area contributed by atoms with Crippen LogP contribution in [0.25, 0.3) is 28.0 Å². The Bertz CT molecular complexity index is 1550. The molecule has 10 heteroatoms. The van der Waals surface area contributed by atoms with Gasteiger partial charge >= 0.3 is 0 Å². The highest BCUT2D eigenvalue weighted by molar-refractivity contribution is 5.93. The molecule has 1 aliphatic heterocycles. The normalized spacial score (nSPS) is 17.7. The second kappa shape index (κ2) is 10.6. The van der Waals surface area contributed by atoms with Crippen molar-refractivity contribution in [3.63, 3.8) is 0 Å². The van der Waals surface area contributed by atoms with Gasteiger partial charge in [-0.1, -0.05) is 0 Å². The maximum absolute atomic E-state index is 12.8. The Morgan fingerprint density at radius 1 is 1.15 bits per heavy atom. The van der Waals surface area contributed by atoms with Crippen molar-refractivity contribution < 1.29 is 9.53 Å². The number of carbonyl (C=O) groups excluding carboxylic acids is 1. The van der Waals surface area contributed by atoms with Gasteiger partial charge in [0.25, 0.3) is 0 Å². The fourth-order valence-corrected chi connectivity index (χ4v) is 5.14. The maximum Gasteiger partial charge on any atom is 0.238 e. The number of morpholine rings is 1. The molecule has 1 atom stereocenters. The zero-order valence-electron chi connectivity index (χ0n) is 22.6. The smallest absolute Gasteiger partial charge is 0.238 e. The highest BCUT2D eigenvalue weighted by Gasteiger charge is 2.21. The Morgan fingerprint density at radius 3 is 2.77 bits per heavy atom. The third kappa shape index (κ3) is 5.57. The van der Waals surface area contributed by atoms with Crippen molar-refractivity contribution in [2.45, 2.75) is 39.2 Å². The van der Waals surface area contributed by atoms with Gasteiger partial charge in [-0.15, -0.1) is 0 Å². The van der Waals surface area contributed by atoms with Crippen LogP contribution >= 0.6 is 0 Å². The van der Waals surface area contributed by atoms with Crippen LogP contribution in [0.1, 0.15) is 37.4 Å². The molecule has 1 saturated heterocycles. The molecule has 1 unspecified atom stereocenters. The molecule has 202 valence electrons. The van der Waals surface area contributed by atoms with E-state index in [2.05, 4.69) is 42.7 Å². The number of hydrogen-bond donors (Lipinski definition) is 3. The van der Waals surface area contributed by atoms with Crippen molar-refractivity contribution in [2.24, 2.45) is 7.05 Å². The number of rotatable bonds is 7. The topological polar surface area (TPSA) is 113 Å². The number of aromatic amines is 1. The van der Waals surface area contributed by atoms with Crippen molar-refractivity contribution in [2.75, 3.05) is 36.9 Å². The Kier molecular flexibility index (Phi) is 6.88. The monoisotopic (exact) mass is 526 g/mol. The molecule has 2 aliphatic rings. The van der Waals surface area contributed by atoms with E-state index < -0.39 is 0 Å². The number of fused-ring (bicyclic) bond motifs is 1. The average molecular weight is 527 g/mol. The standard InChI is InChI=1S/C29H34N8O2/c1-18-15-37(7-8-39-18)17-27(38)33-24-11-25(19(2)30-14-24)34-28(20-5-4-6-20)22-9-21-10-26(35-29(21)31-12-22)23-13-32-36(3)16-23/h9-14,16,18,34H,4-8,15,17H2,1-3H3,(H,31,35)(H,33,38).